The van der Waals surface area contributed by atoms with Gasteiger partial charge >= 0.3 is 5.97 Å². The number of carboxylic acids is 1. The van der Waals surface area contributed by atoms with Crippen LogP contribution in [0.3, 0.4) is 0 Å². The fourth-order valence-electron chi connectivity index (χ4n) is 2.36. The number of nitrogens with one attached hydrogen (secondary N) is 1. The molecule has 0 bridgehead atoms. The largest absolute Gasteiger partial charge is 0.481 e. The van der Waals surface area contributed by atoms with Crippen molar-refractivity contribution in [2.75, 3.05) is 6.54 Å². The van der Waals surface area contributed by atoms with Gasteiger partial charge in [0.05, 0.1) is 10.6 Å². The number of aliphatic carboxylic acids is 1. The molecule has 2 heterocycles. The lowest BCUT2D eigenvalue weighted by Gasteiger charge is -2.03. The number of hydrogen-bond donors (Lipinski definition) is 2. The summed E-state index contributed by atoms with van der Waals surface area (Å²) in [6.07, 6.45) is 3.61. The van der Waals surface area contributed by atoms with Crippen LogP contribution in [-0.4, -0.2) is 33.3 Å². The van der Waals surface area contributed by atoms with E-state index in [0.717, 1.165) is 35.2 Å². The number of rotatable bonds is 8. The van der Waals surface area contributed by atoms with Gasteiger partial charge < -0.3 is 10.4 Å². The van der Waals surface area contributed by atoms with Crippen LogP contribution < -0.4 is 5.32 Å². The second kappa shape index (κ2) is 7.40. The average molecular weight is 323 g/mol. The van der Waals surface area contributed by atoms with Gasteiger partial charge in [0, 0.05) is 25.4 Å². The molecule has 7 heteroatoms. The van der Waals surface area contributed by atoms with Crippen LogP contribution in [0.1, 0.15) is 47.5 Å². The van der Waals surface area contributed by atoms with Gasteiger partial charge in [0.25, 0.3) is 5.91 Å². The van der Waals surface area contributed by atoms with E-state index in [-0.39, 0.29) is 12.3 Å². The number of nitrogens with zero attached hydrogens (tertiary/aromatic N) is 2. The smallest absolute Gasteiger partial charge is 0.303 e. The minimum atomic E-state index is -0.747. The number of thiophene rings is 1. The summed E-state index contributed by atoms with van der Waals surface area (Å²) in [5.41, 5.74) is 0.936. The molecule has 0 saturated carbocycles. The van der Waals surface area contributed by atoms with Crippen molar-refractivity contribution in [1.82, 2.24) is 15.1 Å². The molecule has 0 aromatic carbocycles. The lowest BCUT2D eigenvalue weighted by molar-refractivity contribution is -0.137. The topological polar surface area (TPSA) is 84.2 Å². The highest BCUT2D eigenvalue weighted by atomic mass is 32.1. The first-order valence-electron chi connectivity index (χ1n) is 7.42. The quantitative estimate of drug-likeness (QED) is 0.732. The predicted octanol–water partition coefficient (Wildman–Crippen LogP) is 2.71. The van der Waals surface area contributed by atoms with Crippen LogP contribution in [0.5, 0.6) is 0 Å². The van der Waals surface area contributed by atoms with Gasteiger partial charge in [0.1, 0.15) is 4.83 Å². The normalized spacial score (nSPS) is 11.0. The number of carbonyl (C=O) groups excluding carboxylic acids is 1. The Morgan fingerprint density at radius 2 is 2.05 bits per heavy atom. The summed E-state index contributed by atoms with van der Waals surface area (Å²) in [6.45, 7) is 2.56. The maximum absolute atomic E-state index is 12.1. The van der Waals surface area contributed by atoms with E-state index in [4.69, 9.17) is 5.11 Å². The molecule has 2 N–H and O–H groups in total. The number of carbonyl (C=O) groups is 2. The molecule has 0 aliphatic carbocycles. The zero-order chi connectivity index (χ0) is 16.1. The van der Waals surface area contributed by atoms with Gasteiger partial charge in [0.15, 0.2) is 0 Å². The van der Waals surface area contributed by atoms with Crippen molar-refractivity contribution in [3.8, 4) is 0 Å². The third-order valence-electron chi connectivity index (χ3n) is 3.52. The first-order chi connectivity index (χ1) is 10.5. The Hall–Kier alpha value is -1.89. The Balaban J connectivity index is 1.75. The molecule has 0 aliphatic rings. The Bertz CT molecular complexity index is 640. The summed E-state index contributed by atoms with van der Waals surface area (Å²) < 4.78 is 1.80. The molecule has 0 aliphatic heterocycles. The van der Waals surface area contributed by atoms with E-state index in [2.05, 4.69) is 10.4 Å². The van der Waals surface area contributed by atoms with E-state index >= 15 is 0 Å². The first-order valence-corrected chi connectivity index (χ1v) is 8.24. The Morgan fingerprint density at radius 1 is 1.32 bits per heavy atom. The lowest BCUT2D eigenvalue weighted by Crippen LogP contribution is -2.23. The summed E-state index contributed by atoms with van der Waals surface area (Å²) in [6, 6.07) is 1.89. The van der Waals surface area contributed by atoms with Gasteiger partial charge in [-0.1, -0.05) is 12.8 Å². The van der Waals surface area contributed by atoms with E-state index < -0.39 is 5.97 Å². The highest BCUT2D eigenvalue weighted by Gasteiger charge is 2.14. The Kier molecular flexibility index (Phi) is 5.54. The number of carboxylic acid groups (broad SMARTS) is 1. The second-order valence-electron chi connectivity index (χ2n) is 5.35. The van der Waals surface area contributed by atoms with Crippen LogP contribution in [0.15, 0.2) is 6.07 Å². The van der Waals surface area contributed by atoms with Crippen molar-refractivity contribution in [3.05, 3.63) is 16.6 Å². The molecular weight excluding hydrogens is 302 g/mol. The van der Waals surface area contributed by atoms with Gasteiger partial charge in [0.2, 0.25) is 0 Å². The third-order valence-corrected chi connectivity index (χ3v) is 4.72. The van der Waals surface area contributed by atoms with Crippen LogP contribution in [0.4, 0.5) is 0 Å². The summed E-state index contributed by atoms with van der Waals surface area (Å²) in [5.74, 6) is -0.797. The zero-order valence-corrected chi connectivity index (χ0v) is 13.7. The van der Waals surface area contributed by atoms with Crippen molar-refractivity contribution < 1.29 is 14.7 Å². The first kappa shape index (κ1) is 16.5. The predicted molar refractivity (Wildman–Crippen MR) is 86.4 cm³/mol. The number of aromatic nitrogens is 2. The molecule has 2 aromatic heterocycles. The van der Waals surface area contributed by atoms with Crippen molar-refractivity contribution in [3.63, 3.8) is 0 Å². The Labute approximate surface area is 133 Å². The molecule has 120 valence electrons. The monoisotopic (exact) mass is 323 g/mol. The molecule has 0 atom stereocenters. The highest BCUT2D eigenvalue weighted by Crippen LogP contribution is 2.27. The van der Waals surface area contributed by atoms with Crippen LogP contribution in [0.2, 0.25) is 0 Å². The molecule has 0 fully saturated rings. The van der Waals surface area contributed by atoms with Crippen molar-refractivity contribution in [2.24, 2.45) is 7.05 Å². The molecule has 6 nitrogen and oxygen atoms in total. The fourth-order valence-corrected chi connectivity index (χ4v) is 3.40. The standard InChI is InChI=1S/C15H21N3O3S/c1-10-11-9-12(22-15(11)18(2)17-10)14(21)16-8-6-4-3-5-7-13(19)20/h9H,3-8H2,1-2H3,(H,16,21)(H,19,20). The minimum absolute atomic E-state index is 0.0499. The van der Waals surface area contributed by atoms with E-state index in [0.29, 0.717) is 17.8 Å². The summed E-state index contributed by atoms with van der Waals surface area (Å²) in [7, 11) is 1.88. The fraction of sp³-hybridized carbons (Fsp3) is 0.533. The van der Waals surface area contributed by atoms with E-state index in [1.54, 1.807) is 4.68 Å². The van der Waals surface area contributed by atoms with Gasteiger partial charge in [-0.15, -0.1) is 11.3 Å². The van der Waals surface area contributed by atoms with E-state index in [1.807, 2.05) is 20.0 Å². The number of unbranched alkanes of at least 4 members (excludes halogenated alkanes) is 3. The lowest BCUT2D eigenvalue weighted by atomic mass is 10.1. The summed E-state index contributed by atoms with van der Waals surface area (Å²) in [5, 5.41) is 16.8. The van der Waals surface area contributed by atoms with Crippen LogP contribution in [0, 0.1) is 6.92 Å². The molecule has 0 saturated heterocycles. The van der Waals surface area contributed by atoms with E-state index in [9.17, 15) is 9.59 Å². The maximum atomic E-state index is 12.1. The number of aryl methyl sites for hydroxylation is 2. The van der Waals surface area contributed by atoms with Crippen LogP contribution >= 0.6 is 11.3 Å². The van der Waals surface area contributed by atoms with Crippen molar-refractivity contribution in [2.45, 2.75) is 39.0 Å². The van der Waals surface area contributed by atoms with Crippen molar-refractivity contribution in [1.29, 1.82) is 0 Å². The van der Waals surface area contributed by atoms with Gasteiger partial charge in [-0.3, -0.25) is 14.3 Å². The summed E-state index contributed by atoms with van der Waals surface area (Å²) >= 11 is 1.45. The highest BCUT2D eigenvalue weighted by molar-refractivity contribution is 7.20. The van der Waals surface area contributed by atoms with Crippen LogP contribution in [0.25, 0.3) is 10.2 Å². The number of amides is 1. The van der Waals surface area contributed by atoms with E-state index in [1.165, 1.54) is 11.3 Å². The zero-order valence-electron chi connectivity index (χ0n) is 12.9. The molecule has 0 spiro atoms. The van der Waals surface area contributed by atoms with Gasteiger partial charge in [-0.2, -0.15) is 5.10 Å². The minimum Gasteiger partial charge on any atom is -0.481 e. The van der Waals surface area contributed by atoms with Crippen molar-refractivity contribution >= 4 is 33.4 Å². The SMILES string of the molecule is Cc1nn(C)c2sc(C(=O)NCCCCCCC(=O)O)cc12. The molecule has 1 amide bonds. The molecule has 22 heavy (non-hydrogen) atoms. The average Bonchev–Trinajstić information content (AvgIpc) is 3.00. The van der Waals surface area contributed by atoms with Gasteiger partial charge in [-0.25, -0.2) is 0 Å². The summed E-state index contributed by atoms with van der Waals surface area (Å²) in [4.78, 5) is 24.2. The Morgan fingerprint density at radius 3 is 2.73 bits per heavy atom. The molecule has 2 rings (SSSR count). The molecule has 0 unspecified atom stereocenters. The molecule has 0 radical (unpaired) electrons. The third kappa shape index (κ3) is 4.07. The van der Waals surface area contributed by atoms with Gasteiger partial charge in [-0.05, 0) is 25.8 Å². The molecule has 2 aromatic rings. The maximum Gasteiger partial charge on any atom is 0.303 e. The second-order valence-corrected chi connectivity index (χ2v) is 6.38. The molecular formula is C15H21N3O3S. The number of hydrogen-bond acceptors (Lipinski definition) is 4. The van der Waals surface area contributed by atoms with Crippen LogP contribution in [-0.2, 0) is 11.8 Å². The number of fused-ring (bicyclic) bond motifs is 1.